The van der Waals surface area contributed by atoms with Gasteiger partial charge in [0.1, 0.15) is 11.1 Å². The van der Waals surface area contributed by atoms with Crippen molar-refractivity contribution in [2.75, 3.05) is 32.0 Å². The number of hydrogen-bond acceptors (Lipinski definition) is 7. The van der Waals surface area contributed by atoms with Crippen LogP contribution in [0.3, 0.4) is 0 Å². The maximum Gasteiger partial charge on any atom is 0.250 e. The Kier molecular flexibility index (Phi) is 4.85. The molecule has 0 radical (unpaired) electrons. The van der Waals surface area contributed by atoms with Gasteiger partial charge >= 0.3 is 0 Å². The number of amides is 1. The predicted octanol–water partition coefficient (Wildman–Crippen LogP) is -0.842. The number of anilines is 1. The number of rotatable bonds is 5. The van der Waals surface area contributed by atoms with Crippen LogP contribution in [-0.4, -0.2) is 48.4 Å². The van der Waals surface area contributed by atoms with Gasteiger partial charge in [0.25, 0.3) is 0 Å². The number of morpholine rings is 1. The smallest absolute Gasteiger partial charge is 0.250 e. The first-order valence-electron chi connectivity index (χ1n) is 5.93. The van der Waals surface area contributed by atoms with Crippen LogP contribution in [0.2, 0.25) is 0 Å². The molecule has 100 valence electrons. The number of nitrogen functional groups attached to an aromatic ring is 1. The van der Waals surface area contributed by atoms with E-state index in [0.29, 0.717) is 24.8 Å². The van der Waals surface area contributed by atoms with Crippen molar-refractivity contribution in [2.24, 2.45) is 0 Å². The lowest BCUT2D eigenvalue weighted by Crippen LogP contribution is -2.48. The zero-order valence-electron chi connectivity index (χ0n) is 10.0. The molecule has 1 aromatic rings. The Morgan fingerprint density at radius 3 is 3.17 bits per heavy atom. The number of carbonyl (C=O) groups excluding carboxylic acids is 1. The minimum atomic E-state index is -0.365. The highest BCUT2D eigenvalue weighted by molar-refractivity contribution is 7.15. The summed E-state index contributed by atoms with van der Waals surface area (Å²) in [7, 11) is 0. The monoisotopic (exact) mass is 271 g/mol. The molecule has 0 spiro atoms. The number of nitrogens with one attached hydrogen (secondary N) is 2. The molecule has 1 fully saturated rings. The first kappa shape index (κ1) is 13.2. The second-order valence-electron chi connectivity index (χ2n) is 3.99. The van der Waals surface area contributed by atoms with Gasteiger partial charge < -0.3 is 21.1 Å². The molecule has 1 aliphatic rings. The summed E-state index contributed by atoms with van der Waals surface area (Å²) in [6.45, 7) is 2.58. The van der Waals surface area contributed by atoms with E-state index in [1.165, 1.54) is 11.3 Å². The van der Waals surface area contributed by atoms with Crippen molar-refractivity contribution in [1.29, 1.82) is 0 Å². The minimum absolute atomic E-state index is 0.0565. The molecule has 2 rings (SSSR count). The number of aromatic nitrogens is 2. The van der Waals surface area contributed by atoms with Crippen LogP contribution >= 0.6 is 11.3 Å². The highest BCUT2D eigenvalue weighted by atomic mass is 32.1. The summed E-state index contributed by atoms with van der Waals surface area (Å²) in [5.41, 5.74) is 5.48. The second-order valence-corrected chi connectivity index (χ2v) is 5.09. The normalized spacial score (nSPS) is 19.7. The molecule has 1 aliphatic heterocycles. The van der Waals surface area contributed by atoms with E-state index in [2.05, 4.69) is 20.8 Å². The van der Waals surface area contributed by atoms with Gasteiger partial charge in [-0.15, -0.1) is 10.2 Å². The molecule has 1 saturated heterocycles. The Balaban J connectivity index is 1.61. The molecule has 18 heavy (non-hydrogen) atoms. The van der Waals surface area contributed by atoms with Crippen LogP contribution < -0.4 is 16.4 Å². The van der Waals surface area contributed by atoms with Gasteiger partial charge in [-0.25, -0.2) is 0 Å². The molecule has 7 nitrogen and oxygen atoms in total. The number of nitrogens with zero attached hydrogens (tertiary/aromatic N) is 2. The number of aryl methyl sites for hydroxylation is 1. The molecule has 0 unspecified atom stereocenters. The molecule has 1 amide bonds. The predicted molar refractivity (Wildman–Crippen MR) is 68.3 cm³/mol. The molecule has 0 saturated carbocycles. The maximum absolute atomic E-state index is 11.7. The van der Waals surface area contributed by atoms with E-state index in [9.17, 15) is 4.79 Å². The first-order chi connectivity index (χ1) is 8.75. The van der Waals surface area contributed by atoms with Crippen LogP contribution in [0.25, 0.3) is 0 Å². The second kappa shape index (κ2) is 6.62. The van der Waals surface area contributed by atoms with Gasteiger partial charge in [-0.05, 0) is 6.42 Å². The van der Waals surface area contributed by atoms with Crippen LogP contribution in [0.1, 0.15) is 11.4 Å². The summed E-state index contributed by atoms with van der Waals surface area (Å²) in [4.78, 5) is 11.7. The molecule has 0 aromatic carbocycles. The number of ether oxygens (including phenoxy) is 1. The first-order valence-corrected chi connectivity index (χ1v) is 6.75. The molecule has 1 aromatic heterocycles. The van der Waals surface area contributed by atoms with Crippen molar-refractivity contribution in [3.63, 3.8) is 0 Å². The molecular weight excluding hydrogens is 254 g/mol. The summed E-state index contributed by atoms with van der Waals surface area (Å²) in [5.74, 6) is -0.0565. The Morgan fingerprint density at radius 1 is 1.61 bits per heavy atom. The lowest BCUT2D eigenvalue weighted by Gasteiger charge is -2.22. The lowest BCUT2D eigenvalue weighted by atomic mass is 10.2. The van der Waals surface area contributed by atoms with Crippen molar-refractivity contribution in [3.05, 3.63) is 5.01 Å². The van der Waals surface area contributed by atoms with Crippen LogP contribution in [0.5, 0.6) is 0 Å². The molecule has 8 heteroatoms. The van der Waals surface area contributed by atoms with E-state index < -0.39 is 0 Å². The zero-order chi connectivity index (χ0) is 12.8. The van der Waals surface area contributed by atoms with Crippen molar-refractivity contribution >= 4 is 22.4 Å². The largest absolute Gasteiger partial charge is 0.374 e. The summed E-state index contributed by atoms with van der Waals surface area (Å²) in [5, 5.41) is 15.0. The summed E-state index contributed by atoms with van der Waals surface area (Å²) in [6, 6.07) is 0. The minimum Gasteiger partial charge on any atom is -0.374 e. The maximum atomic E-state index is 11.7. The standard InChI is InChI=1S/C10H17N5O2S/c11-10-15-14-8(18-10)2-1-3-13-9(16)7-6-12-4-5-17-7/h7,12H,1-6H2,(H2,11,15)(H,13,16)/t7-/m0/s1. The van der Waals surface area contributed by atoms with E-state index >= 15 is 0 Å². The third-order valence-corrected chi connectivity index (χ3v) is 3.38. The fourth-order valence-corrected chi connectivity index (χ4v) is 2.32. The zero-order valence-corrected chi connectivity index (χ0v) is 10.8. The fraction of sp³-hybridized carbons (Fsp3) is 0.700. The fourth-order valence-electron chi connectivity index (χ4n) is 1.67. The quantitative estimate of drug-likeness (QED) is 0.603. The van der Waals surface area contributed by atoms with Gasteiger partial charge in [0.15, 0.2) is 0 Å². The van der Waals surface area contributed by atoms with E-state index in [1.54, 1.807) is 0 Å². The van der Waals surface area contributed by atoms with Crippen LogP contribution in [0, 0.1) is 0 Å². The molecule has 1 atom stereocenters. The van der Waals surface area contributed by atoms with Gasteiger partial charge in [0.2, 0.25) is 11.0 Å². The molecule has 4 N–H and O–H groups in total. The van der Waals surface area contributed by atoms with Crippen molar-refractivity contribution in [2.45, 2.75) is 18.9 Å². The Labute approximate surface area is 109 Å². The van der Waals surface area contributed by atoms with Gasteiger partial charge in [0, 0.05) is 26.1 Å². The third kappa shape index (κ3) is 3.90. The lowest BCUT2D eigenvalue weighted by molar-refractivity contribution is -0.134. The highest BCUT2D eigenvalue weighted by Gasteiger charge is 2.20. The van der Waals surface area contributed by atoms with E-state index in [0.717, 1.165) is 24.4 Å². The van der Waals surface area contributed by atoms with Gasteiger partial charge in [-0.2, -0.15) is 0 Å². The van der Waals surface area contributed by atoms with Crippen LogP contribution in [0.15, 0.2) is 0 Å². The Morgan fingerprint density at radius 2 is 2.50 bits per heavy atom. The highest BCUT2D eigenvalue weighted by Crippen LogP contribution is 2.12. The molecular formula is C10H17N5O2S. The summed E-state index contributed by atoms with van der Waals surface area (Å²) >= 11 is 1.38. The van der Waals surface area contributed by atoms with E-state index in [-0.39, 0.29) is 12.0 Å². The molecule has 0 bridgehead atoms. The summed E-state index contributed by atoms with van der Waals surface area (Å²) in [6.07, 6.45) is 1.23. The van der Waals surface area contributed by atoms with Gasteiger partial charge in [-0.3, -0.25) is 4.79 Å². The van der Waals surface area contributed by atoms with E-state index in [4.69, 9.17) is 10.5 Å². The molecule has 0 aliphatic carbocycles. The number of nitrogens with two attached hydrogens (primary N) is 1. The topological polar surface area (TPSA) is 102 Å². The summed E-state index contributed by atoms with van der Waals surface area (Å²) < 4.78 is 5.35. The van der Waals surface area contributed by atoms with E-state index in [1.807, 2.05) is 0 Å². The Hall–Kier alpha value is -1.25. The van der Waals surface area contributed by atoms with Gasteiger partial charge in [-0.1, -0.05) is 11.3 Å². The number of carbonyl (C=O) groups is 1. The Bertz CT molecular complexity index is 391. The third-order valence-electron chi connectivity index (χ3n) is 2.57. The van der Waals surface area contributed by atoms with Gasteiger partial charge in [0.05, 0.1) is 6.61 Å². The number of hydrogen-bond donors (Lipinski definition) is 3. The molecule has 2 heterocycles. The van der Waals surface area contributed by atoms with Crippen molar-refractivity contribution in [1.82, 2.24) is 20.8 Å². The van der Waals surface area contributed by atoms with Crippen molar-refractivity contribution in [3.8, 4) is 0 Å². The average molecular weight is 271 g/mol. The SMILES string of the molecule is Nc1nnc(CCCNC(=O)[C@@H]2CNCCO2)s1. The van der Waals surface area contributed by atoms with Crippen LogP contribution in [0.4, 0.5) is 5.13 Å². The van der Waals surface area contributed by atoms with Crippen LogP contribution in [-0.2, 0) is 16.0 Å². The van der Waals surface area contributed by atoms with Crippen molar-refractivity contribution < 1.29 is 9.53 Å². The average Bonchev–Trinajstić information content (AvgIpc) is 2.81.